The zero-order valence-corrected chi connectivity index (χ0v) is 15.8. The van der Waals surface area contributed by atoms with Crippen molar-refractivity contribution in [2.45, 2.75) is 13.3 Å². The minimum Gasteiger partial charge on any atom is -0.497 e. The number of nitrogens with one attached hydrogen (secondary N) is 2. The SMILES string of the molecule is COc1ccc(CCNC(=S)Nc2cc(OC)c(OC)cc2C)cc1. The Morgan fingerprint density at radius 1 is 0.960 bits per heavy atom. The molecule has 0 bridgehead atoms. The van der Waals surface area contributed by atoms with Crippen LogP contribution in [0.1, 0.15) is 11.1 Å². The second kappa shape index (κ2) is 9.13. The molecule has 0 unspecified atom stereocenters. The Bertz CT molecular complexity index is 717. The van der Waals surface area contributed by atoms with Crippen LogP contribution in [0.15, 0.2) is 36.4 Å². The number of methoxy groups -OCH3 is 3. The summed E-state index contributed by atoms with van der Waals surface area (Å²) >= 11 is 5.38. The standard InChI is InChI=1S/C19H24N2O3S/c1-13-11-17(23-3)18(24-4)12-16(13)21-19(25)20-10-9-14-5-7-15(22-2)8-6-14/h5-8,11-12H,9-10H2,1-4H3,(H2,20,21,25). The number of hydrogen-bond acceptors (Lipinski definition) is 4. The van der Waals surface area contributed by atoms with Gasteiger partial charge in [0.05, 0.1) is 21.3 Å². The number of benzene rings is 2. The first kappa shape index (κ1) is 18.9. The normalized spacial score (nSPS) is 10.1. The zero-order chi connectivity index (χ0) is 18.2. The fourth-order valence-corrected chi connectivity index (χ4v) is 2.61. The van der Waals surface area contributed by atoms with Gasteiger partial charge in [0.25, 0.3) is 0 Å². The highest BCUT2D eigenvalue weighted by molar-refractivity contribution is 7.80. The van der Waals surface area contributed by atoms with Crippen LogP contribution in [0.4, 0.5) is 5.69 Å². The summed E-state index contributed by atoms with van der Waals surface area (Å²) < 4.78 is 15.8. The second-order valence-corrected chi connectivity index (χ2v) is 5.91. The van der Waals surface area contributed by atoms with E-state index < -0.39 is 0 Å². The van der Waals surface area contributed by atoms with Gasteiger partial charge in [0.2, 0.25) is 0 Å². The zero-order valence-electron chi connectivity index (χ0n) is 15.0. The molecular formula is C19H24N2O3S. The molecule has 0 saturated carbocycles. The minimum absolute atomic E-state index is 0.573. The molecule has 0 aromatic heterocycles. The third-order valence-electron chi connectivity index (χ3n) is 3.84. The van der Waals surface area contributed by atoms with Gasteiger partial charge < -0.3 is 24.8 Å². The van der Waals surface area contributed by atoms with E-state index in [0.29, 0.717) is 16.6 Å². The summed E-state index contributed by atoms with van der Waals surface area (Å²) in [5.74, 6) is 2.22. The smallest absolute Gasteiger partial charge is 0.170 e. The third-order valence-corrected chi connectivity index (χ3v) is 4.08. The summed E-state index contributed by atoms with van der Waals surface area (Å²) in [7, 11) is 4.90. The summed E-state index contributed by atoms with van der Waals surface area (Å²) in [6, 6.07) is 11.8. The Hall–Kier alpha value is -2.47. The molecule has 0 amide bonds. The molecule has 0 aliphatic carbocycles. The van der Waals surface area contributed by atoms with Crippen LogP contribution in [-0.4, -0.2) is 33.0 Å². The van der Waals surface area contributed by atoms with E-state index in [4.69, 9.17) is 26.4 Å². The van der Waals surface area contributed by atoms with E-state index in [0.717, 1.165) is 30.0 Å². The van der Waals surface area contributed by atoms with Gasteiger partial charge in [-0.05, 0) is 54.9 Å². The molecule has 25 heavy (non-hydrogen) atoms. The van der Waals surface area contributed by atoms with Crippen LogP contribution in [0.5, 0.6) is 17.2 Å². The van der Waals surface area contributed by atoms with E-state index >= 15 is 0 Å². The molecule has 2 rings (SSSR count). The van der Waals surface area contributed by atoms with E-state index in [9.17, 15) is 0 Å². The maximum atomic E-state index is 5.38. The predicted octanol–water partition coefficient (Wildman–Crippen LogP) is 3.55. The molecule has 0 fully saturated rings. The highest BCUT2D eigenvalue weighted by Gasteiger charge is 2.09. The average Bonchev–Trinajstić information content (AvgIpc) is 2.63. The maximum Gasteiger partial charge on any atom is 0.170 e. The maximum absolute atomic E-state index is 5.38. The van der Waals surface area contributed by atoms with Crippen molar-refractivity contribution in [2.75, 3.05) is 33.2 Å². The molecule has 0 spiro atoms. The lowest BCUT2D eigenvalue weighted by molar-refractivity contribution is 0.355. The first-order valence-corrected chi connectivity index (χ1v) is 8.38. The lowest BCUT2D eigenvalue weighted by Gasteiger charge is -2.15. The molecule has 0 atom stereocenters. The van der Waals surface area contributed by atoms with Crippen LogP contribution in [0.2, 0.25) is 0 Å². The second-order valence-electron chi connectivity index (χ2n) is 5.50. The molecule has 6 heteroatoms. The van der Waals surface area contributed by atoms with Crippen LogP contribution in [0, 0.1) is 6.92 Å². The summed E-state index contributed by atoms with van der Waals surface area (Å²) in [4.78, 5) is 0. The highest BCUT2D eigenvalue weighted by Crippen LogP contribution is 2.32. The largest absolute Gasteiger partial charge is 0.497 e. The topological polar surface area (TPSA) is 51.8 Å². The van der Waals surface area contributed by atoms with Gasteiger partial charge in [0, 0.05) is 18.3 Å². The number of ether oxygens (including phenoxy) is 3. The summed E-state index contributed by atoms with van der Waals surface area (Å²) in [5, 5.41) is 7.00. The Balaban J connectivity index is 1.89. The van der Waals surface area contributed by atoms with Gasteiger partial charge in [-0.25, -0.2) is 0 Å². The predicted molar refractivity (Wildman–Crippen MR) is 105 cm³/mol. The lowest BCUT2D eigenvalue weighted by atomic mass is 10.1. The Kier molecular flexibility index (Phi) is 6.89. The lowest BCUT2D eigenvalue weighted by Crippen LogP contribution is -2.30. The summed E-state index contributed by atoms with van der Waals surface area (Å²) in [6.07, 6.45) is 0.872. The van der Waals surface area contributed by atoms with Crippen molar-refractivity contribution in [3.63, 3.8) is 0 Å². The van der Waals surface area contributed by atoms with Crippen molar-refractivity contribution in [2.24, 2.45) is 0 Å². The van der Waals surface area contributed by atoms with E-state index in [1.54, 1.807) is 21.3 Å². The van der Waals surface area contributed by atoms with Crippen LogP contribution in [0.25, 0.3) is 0 Å². The monoisotopic (exact) mass is 360 g/mol. The van der Waals surface area contributed by atoms with Gasteiger partial charge in [0.15, 0.2) is 16.6 Å². The fourth-order valence-electron chi connectivity index (χ4n) is 2.39. The molecule has 0 aliphatic rings. The minimum atomic E-state index is 0.573. The fraction of sp³-hybridized carbons (Fsp3) is 0.316. The molecule has 0 heterocycles. The number of anilines is 1. The van der Waals surface area contributed by atoms with E-state index in [1.165, 1.54) is 5.56 Å². The molecule has 0 radical (unpaired) electrons. The molecule has 2 N–H and O–H groups in total. The molecule has 134 valence electrons. The number of thiocarbonyl (C=S) groups is 1. The van der Waals surface area contributed by atoms with Gasteiger partial charge in [-0.15, -0.1) is 0 Å². The van der Waals surface area contributed by atoms with Crippen molar-refractivity contribution < 1.29 is 14.2 Å². The third kappa shape index (κ3) is 5.26. The van der Waals surface area contributed by atoms with Crippen LogP contribution >= 0.6 is 12.2 Å². The van der Waals surface area contributed by atoms with Gasteiger partial charge >= 0.3 is 0 Å². The first-order valence-electron chi connectivity index (χ1n) is 7.97. The van der Waals surface area contributed by atoms with Crippen molar-refractivity contribution in [3.05, 3.63) is 47.5 Å². The quantitative estimate of drug-likeness (QED) is 0.737. The average molecular weight is 360 g/mol. The molecule has 2 aromatic rings. The van der Waals surface area contributed by atoms with Crippen molar-refractivity contribution in [1.82, 2.24) is 5.32 Å². The summed E-state index contributed by atoms with van der Waals surface area (Å²) in [5.41, 5.74) is 3.13. The highest BCUT2D eigenvalue weighted by atomic mass is 32.1. The van der Waals surface area contributed by atoms with Crippen molar-refractivity contribution in [3.8, 4) is 17.2 Å². The molecule has 0 saturated heterocycles. The first-order chi connectivity index (χ1) is 12.1. The molecule has 0 aliphatic heterocycles. The van der Waals surface area contributed by atoms with Gasteiger partial charge in [0.1, 0.15) is 5.75 Å². The van der Waals surface area contributed by atoms with Crippen LogP contribution in [-0.2, 0) is 6.42 Å². The number of aryl methyl sites for hydroxylation is 1. The van der Waals surface area contributed by atoms with Gasteiger partial charge in [-0.3, -0.25) is 0 Å². The van der Waals surface area contributed by atoms with Gasteiger partial charge in [-0.2, -0.15) is 0 Å². The Morgan fingerprint density at radius 3 is 2.20 bits per heavy atom. The van der Waals surface area contributed by atoms with Crippen molar-refractivity contribution >= 4 is 23.0 Å². The molecular weight excluding hydrogens is 336 g/mol. The van der Waals surface area contributed by atoms with E-state index in [2.05, 4.69) is 22.8 Å². The van der Waals surface area contributed by atoms with Crippen molar-refractivity contribution in [1.29, 1.82) is 0 Å². The Labute approximate surface area is 154 Å². The Morgan fingerprint density at radius 2 is 1.60 bits per heavy atom. The van der Waals surface area contributed by atoms with E-state index in [1.807, 2.05) is 31.2 Å². The van der Waals surface area contributed by atoms with E-state index in [-0.39, 0.29) is 0 Å². The number of hydrogen-bond donors (Lipinski definition) is 2. The van der Waals surface area contributed by atoms with Crippen LogP contribution in [0.3, 0.4) is 0 Å². The van der Waals surface area contributed by atoms with Crippen LogP contribution < -0.4 is 24.8 Å². The molecule has 2 aromatic carbocycles. The van der Waals surface area contributed by atoms with Gasteiger partial charge in [-0.1, -0.05) is 12.1 Å². The summed E-state index contributed by atoms with van der Waals surface area (Å²) in [6.45, 7) is 2.73. The molecule has 5 nitrogen and oxygen atoms in total. The number of rotatable bonds is 7.